The van der Waals surface area contributed by atoms with Gasteiger partial charge in [-0.05, 0) is 103 Å². The van der Waals surface area contributed by atoms with E-state index in [4.69, 9.17) is 9.47 Å². The summed E-state index contributed by atoms with van der Waals surface area (Å²) in [5.74, 6) is 2.60. The van der Waals surface area contributed by atoms with Gasteiger partial charge in [0.05, 0.1) is 7.11 Å². The van der Waals surface area contributed by atoms with Gasteiger partial charge in [-0.2, -0.15) is 0 Å². The number of likely N-dealkylation sites (tertiary alicyclic amines) is 1. The van der Waals surface area contributed by atoms with Crippen LogP contribution in [0.15, 0.2) is 54.6 Å². The first-order valence-electron chi connectivity index (χ1n) is 13.3. The van der Waals surface area contributed by atoms with Gasteiger partial charge in [0.15, 0.2) is 0 Å². The summed E-state index contributed by atoms with van der Waals surface area (Å²) < 4.78 is 11.6. The van der Waals surface area contributed by atoms with Gasteiger partial charge in [0, 0.05) is 6.54 Å². The average Bonchev–Trinajstić information content (AvgIpc) is 2.90. The van der Waals surface area contributed by atoms with Crippen LogP contribution in [0.5, 0.6) is 11.5 Å². The lowest BCUT2D eigenvalue weighted by molar-refractivity contribution is 0.183. The molecular weight excluding hydrogens is 454 g/mol. The Kier molecular flexibility index (Phi) is 9.34. The standard InChI is InChI=1S/C31H39NO2.ClH/c1-33-28-15-17-30-26(23-28)12-16-29(25-8-4-2-5-9-25)31(30)22-24-10-13-27(14-11-24)34-21-20-32-18-6-3-7-19-32;/h10-17,23,25H,2-9,18-22H2,1H3;1H. The van der Waals surface area contributed by atoms with Crippen LogP contribution in [-0.2, 0) is 6.42 Å². The second-order valence-electron chi connectivity index (χ2n) is 10.1. The molecule has 188 valence electrons. The fraction of sp³-hybridized carbons (Fsp3) is 0.484. The number of piperidine rings is 1. The maximum absolute atomic E-state index is 6.07. The predicted molar refractivity (Wildman–Crippen MR) is 149 cm³/mol. The summed E-state index contributed by atoms with van der Waals surface area (Å²) in [6.07, 6.45) is 11.7. The van der Waals surface area contributed by atoms with Gasteiger partial charge in [0.25, 0.3) is 0 Å². The van der Waals surface area contributed by atoms with Gasteiger partial charge in [-0.3, -0.25) is 4.90 Å². The van der Waals surface area contributed by atoms with E-state index in [1.807, 2.05) is 0 Å². The highest BCUT2D eigenvalue weighted by molar-refractivity contribution is 5.88. The fourth-order valence-corrected chi connectivity index (χ4v) is 5.89. The number of ether oxygens (including phenoxy) is 2. The van der Waals surface area contributed by atoms with Gasteiger partial charge in [0.1, 0.15) is 18.1 Å². The number of rotatable bonds is 8. The largest absolute Gasteiger partial charge is 0.497 e. The molecular formula is C31H40ClNO2. The van der Waals surface area contributed by atoms with E-state index in [0.717, 1.165) is 31.1 Å². The summed E-state index contributed by atoms with van der Waals surface area (Å²) in [6, 6.07) is 20.0. The first-order chi connectivity index (χ1) is 16.8. The molecule has 0 amide bonds. The molecule has 0 bridgehead atoms. The van der Waals surface area contributed by atoms with Crippen molar-refractivity contribution in [1.82, 2.24) is 4.90 Å². The molecule has 3 aromatic rings. The second-order valence-corrected chi connectivity index (χ2v) is 10.1. The van der Waals surface area contributed by atoms with Crippen molar-refractivity contribution in [3.63, 3.8) is 0 Å². The van der Waals surface area contributed by atoms with E-state index in [1.165, 1.54) is 86.4 Å². The minimum absolute atomic E-state index is 0. The lowest BCUT2D eigenvalue weighted by Crippen LogP contribution is -2.33. The zero-order valence-electron chi connectivity index (χ0n) is 21.1. The molecule has 35 heavy (non-hydrogen) atoms. The summed E-state index contributed by atoms with van der Waals surface area (Å²) in [7, 11) is 1.74. The van der Waals surface area contributed by atoms with Crippen molar-refractivity contribution in [3.05, 3.63) is 71.3 Å². The Labute approximate surface area is 217 Å². The van der Waals surface area contributed by atoms with E-state index in [-0.39, 0.29) is 12.4 Å². The molecule has 1 heterocycles. The molecule has 0 aromatic heterocycles. The zero-order valence-corrected chi connectivity index (χ0v) is 22.0. The molecule has 1 saturated carbocycles. The highest BCUT2D eigenvalue weighted by Gasteiger charge is 2.20. The Morgan fingerprint density at radius 3 is 2.26 bits per heavy atom. The first-order valence-corrected chi connectivity index (χ1v) is 13.3. The van der Waals surface area contributed by atoms with Gasteiger partial charge < -0.3 is 9.47 Å². The average molecular weight is 494 g/mol. The number of benzene rings is 3. The van der Waals surface area contributed by atoms with Gasteiger partial charge in [0.2, 0.25) is 0 Å². The fourth-order valence-electron chi connectivity index (χ4n) is 5.89. The number of hydrogen-bond donors (Lipinski definition) is 0. The van der Waals surface area contributed by atoms with E-state index in [2.05, 4.69) is 59.5 Å². The molecule has 3 nitrogen and oxygen atoms in total. The van der Waals surface area contributed by atoms with Gasteiger partial charge in [-0.25, -0.2) is 0 Å². The maximum Gasteiger partial charge on any atom is 0.119 e. The molecule has 1 aliphatic heterocycles. The van der Waals surface area contributed by atoms with Crippen LogP contribution in [-0.4, -0.2) is 38.3 Å². The van der Waals surface area contributed by atoms with Crippen LogP contribution in [0.4, 0.5) is 0 Å². The van der Waals surface area contributed by atoms with Crippen LogP contribution >= 0.6 is 12.4 Å². The summed E-state index contributed by atoms with van der Waals surface area (Å²) in [4.78, 5) is 2.53. The van der Waals surface area contributed by atoms with Crippen LogP contribution in [0, 0.1) is 0 Å². The van der Waals surface area contributed by atoms with Crippen molar-refractivity contribution >= 4 is 23.2 Å². The molecule has 0 unspecified atom stereocenters. The summed E-state index contributed by atoms with van der Waals surface area (Å²) in [5, 5.41) is 2.64. The van der Waals surface area contributed by atoms with Gasteiger partial charge in [-0.1, -0.05) is 56.0 Å². The SMILES string of the molecule is COc1ccc2c(Cc3ccc(OCCN4CCCCC4)cc3)c(C3CCCCC3)ccc2c1.Cl. The number of fused-ring (bicyclic) bond motifs is 1. The highest BCUT2D eigenvalue weighted by atomic mass is 35.5. The molecule has 0 radical (unpaired) electrons. The minimum atomic E-state index is 0. The molecule has 0 spiro atoms. The quantitative estimate of drug-likeness (QED) is 0.320. The Hall–Kier alpha value is -2.23. The van der Waals surface area contributed by atoms with Crippen LogP contribution in [0.1, 0.15) is 74.0 Å². The molecule has 0 atom stereocenters. The van der Waals surface area contributed by atoms with E-state index < -0.39 is 0 Å². The van der Waals surface area contributed by atoms with E-state index in [9.17, 15) is 0 Å². The lowest BCUT2D eigenvalue weighted by atomic mass is 9.79. The molecule has 4 heteroatoms. The second kappa shape index (κ2) is 12.6. The van der Waals surface area contributed by atoms with Crippen molar-refractivity contribution in [2.75, 3.05) is 33.4 Å². The molecule has 2 aliphatic rings. The topological polar surface area (TPSA) is 21.7 Å². The first kappa shape index (κ1) is 25.9. The maximum atomic E-state index is 6.07. The summed E-state index contributed by atoms with van der Waals surface area (Å²) in [6.45, 7) is 4.26. The van der Waals surface area contributed by atoms with E-state index >= 15 is 0 Å². The number of halogens is 1. The van der Waals surface area contributed by atoms with Crippen molar-refractivity contribution in [2.45, 2.75) is 63.7 Å². The Morgan fingerprint density at radius 2 is 1.51 bits per heavy atom. The third-order valence-corrected chi connectivity index (χ3v) is 7.85. The smallest absolute Gasteiger partial charge is 0.119 e. The normalized spacial score (nSPS) is 17.2. The van der Waals surface area contributed by atoms with Crippen molar-refractivity contribution in [2.24, 2.45) is 0 Å². The monoisotopic (exact) mass is 493 g/mol. The summed E-state index contributed by atoms with van der Waals surface area (Å²) in [5.41, 5.74) is 4.40. The zero-order chi connectivity index (χ0) is 23.2. The minimum Gasteiger partial charge on any atom is -0.497 e. The number of nitrogens with zero attached hydrogens (tertiary/aromatic N) is 1. The lowest BCUT2D eigenvalue weighted by Gasteiger charge is -2.26. The molecule has 5 rings (SSSR count). The van der Waals surface area contributed by atoms with Gasteiger partial charge in [-0.15, -0.1) is 12.4 Å². The Morgan fingerprint density at radius 1 is 0.800 bits per heavy atom. The molecule has 2 fully saturated rings. The Balaban J connectivity index is 0.00000289. The molecule has 1 saturated heterocycles. The Bertz CT molecular complexity index is 1070. The van der Waals surface area contributed by atoms with E-state index in [0.29, 0.717) is 5.92 Å². The van der Waals surface area contributed by atoms with Crippen molar-refractivity contribution < 1.29 is 9.47 Å². The highest BCUT2D eigenvalue weighted by Crippen LogP contribution is 2.38. The molecule has 0 N–H and O–H groups in total. The molecule has 1 aliphatic carbocycles. The molecule has 3 aromatic carbocycles. The third kappa shape index (κ3) is 6.51. The van der Waals surface area contributed by atoms with Crippen LogP contribution < -0.4 is 9.47 Å². The predicted octanol–water partition coefficient (Wildman–Crippen LogP) is 7.77. The van der Waals surface area contributed by atoms with Crippen molar-refractivity contribution in [3.8, 4) is 11.5 Å². The van der Waals surface area contributed by atoms with Crippen LogP contribution in [0.25, 0.3) is 10.8 Å². The third-order valence-electron chi connectivity index (χ3n) is 7.85. The summed E-state index contributed by atoms with van der Waals surface area (Å²) >= 11 is 0. The van der Waals surface area contributed by atoms with Crippen LogP contribution in [0.2, 0.25) is 0 Å². The number of methoxy groups -OCH3 is 1. The van der Waals surface area contributed by atoms with E-state index in [1.54, 1.807) is 12.7 Å². The van der Waals surface area contributed by atoms with Crippen LogP contribution in [0.3, 0.4) is 0 Å². The number of hydrogen-bond acceptors (Lipinski definition) is 3. The van der Waals surface area contributed by atoms with Gasteiger partial charge >= 0.3 is 0 Å². The van der Waals surface area contributed by atoms with Crippen molar-refractivity contribution in [1.29, 1.82) is 0 Å².